The van der Waals surface area contributed by atoms with Gasteiger partial charge in [0.2, 0.25) is 29.4 Å². The molecule has 0 unspecified atom stereocenters. The first-order chi connectivity index (χ1) is 25.7. The number of ether oxygens (including phenoxy) is 1. The number of likely N-dealkylation sites (tertiary alicyclic amines) is 1. The molecule has 2 aromatic rings. The molecule has 292 valence electrons. The molecule has 2 aliphatic carbocycles. The Morgan fingerprint density at radius 1 is 0.944 bits per heavy atom. The minimum atomic E-state index is -1.13. The Labute approximate surface area is 320 Å². The summed E-state index contributed by atoms with van der Waals surface area (Å²) >= 11 is 6.02. The molecule has 5 atom stereocenters. The van der Waals surface area contributed by atoms with E-state index >= 15 is 0 Å². The molecular formula is C38H51ClN8O7. The fourth-order valence-corrected chi connectivity index (χ4v) is 7.10. The molecule has 5 rings (SSSR count). The lowest BCUT2D eigenvalue weighted by atomic mass is 9.82. The number of Topliss-reactive ketones (excluding diaryl/α,β-unsaturated/α-hetero) is 1. The summed E-state index contributed by atoms with van der Waals surface area (Å²) in [5.41, 5.74) is -0.787. The van der Waals surface area contributed by atoms with E-state index in [-0.39, 0.29) is 42.9 Å². The number of aromatic nitrogens is 3. The van der Waals surface area contributed by atoms with Crippen LogP contribution < -0.4 is 26.0 Å². The highest BCUT2D eigenvalue weighted by Crippen LogP contribution is 2.30. The van der Waals surface area contributed by atoms with E-state index < -0.39 is 71.0 Å². The zero-order valence-corrected chi connectivity index (χ0v) is 32.1. The second-order valence-electron chi connectivity index (χ2n) is 15.5. The lowest BCUT2D eigenvalue weighted by Crippen LogP contribution is -2.62. The molecular weight excluding hydrogens is 716 g/mol. The number of hydrogen-bond donors (Lipinski definition) is 4. The van der Waals surface area contributed by atoms with Crippen LogP contribution in [0.4, 0.5) is 0 Å². The van der Waals surface area contributed by atoms with Gasteiger partial charge in [0.25, 0.3) is 11.8 Å². The Kier molecular flexibility index (Phi) is 13.6. The molecule has 0 aromatic carbocycles. The van der Waals surface area contributed by atoms with Crippen molar-refractivity contribution in [2.45, 2.75) is 128 Å². The van der Waals surface area contributed by atoms with Gasteiger partial charge in [0.05, 0.1) is 23.8 Å². The Bertz CT molecular complexity index is 1660. The van der Waals surface area contributed by atoms with Gasteiger partial charge in [-0.2, -0.15) is 0 Å². The summed E-state index contributed by atoms with van der Waals surface area (Å²) in [6.07, 6.45) is 11.5. The van der Waals surface area contributed by atoms with E-state index in [0.717, 1.165) is 44.9 Å². The number of hydrogen-bond acceptors (Lipinski definition) is 10. The average molecular weight is 767 g/mol. The molecule has 54 heavy (non-hydrogen) atoms. The van der Waals surface area contributed by atoms with Crippen LogP contribution >= 0.6 is 11.6 Å². The summed E-state index contributed by atoms with van der Waals surface area (Å²) in [6, 6.07) is -1.14. The predicted molar refractivity (Wildman–Crippen MR) is 198 cm³/mol. The first-order valence-electron chi connectivity index (χ1n) is 18.9. The molecule has 15 nitrogen and oxygen atoms in total. The zero-order valence-electron chi connectivity index (χ0n) is 31.3. The third-order valence-electron chi connectivity index (χ3n) is 10.1. The van der Waals surface area contributed by atoms with Crippen molar-refractivity contribution in [3.05, 3.63) is 47.6 Å². The summed E-state index contributed by atoms with van der Waals surface area (Å²) in [7, 11) is 0. The highest BCUT2D eigenvalue weighted by molar-refractivity contribution is 6.38. The van der Waals surface area contributed by atoms with Crippen molar-refractivity contribution >= 4 is 46.9 Å². The number of amides is 5. The molecule has 0 bridgehead atoms. The van der Waals surface area contributed by atoms with Gasteiger partial charge < -0.3 is 30.9 Å². The highest BCUT2D eigenvalue weighted by Gasteiger charge is 2.47. The number of nitrogens with zero attached hydrogens (tertiary/aromatic N) is 4. The topological polar surface area (TPSA) is 202 Å². The molecule has 3 fully saturated rings. The molecule has 0 spiro atoms. The normalized spacial score (nSPS) is 20.6. The van der Waals surface area contributed by atoms with Crippen LogP contribution in [0.2, 0.25) is 5.02 Å². The molecule has 3 heterocycles. The Hall–Kier alpha value is -4.66. The van der Waals surface area contributed by atoms with Gasteiger partial charge in [-0.25, -0.2) is 9.97 Å². The van der Waals surface area contributed by atoms with E-state index in [0.29, 0.717) is 11.4 Å². The number of pyridine rings is 1. The smallest absolute Gasteiger partial charge is 0.289 e. The first-order valence-corrected chi connectivity index (χ1v) is 19.2. The van der Waals surface area contributed by atoms with E-state index in [1.165, 1.54) is 29.7 Å². The number of ketones is 1. The number of carbonyl (C=O) groups is 6. The van der Waals surface area contributed by atoms with Gasteiger partial charge in [-0.15, -0.1) is 0 Å². The quantitative estimate of drug-likeness (QED) is 0.195. The molecule has 16 heteroatoms. The molecule has 2 saturated carbocycles. The van der Waals surface area contributed by atoms with Crippen molar-refractivity contribution in [3.8, 4) is 5.88 Å². The predicted octanol–water partition coefficient (Wildman–Crippen LogP) is 2.92. The van der Waals surface area contributed by atoms with Crippen LogP contribution in [0.5, 0.6) is 5.88 Å². The molecule has 0 radical (unpaired) electrons. The van der Waals surface area contributed by atoms with Crippen molar-refractivity contribution in [2.24, 2.45) is 11.3 Å². The van der Waals surface area contributed by atoms with Crippen LogP contribution in [0.15, 0.2) is 36.9 Å². The Morgan fingerprint density at radius 2 is 1.69 bits per heavy atom. The molecule has 1 saturated heterocycles. The maximum absolute atomic E-state index is 14.7. The number of nitrogens with one attached hydrogen (secondary N) is 4. The lowest BCUT2D eigenvalue weighted by Gasteiger charge is -2.37. The van der Waals surface area contributed by atoms with Crippen LogP contribution in [0.25, 0.3) is 0 Å². The average Bonchev–Trinajstić information content (AvgIpc) is 3.88. The van der Waals surface area contributed by atoms with Crippen molar-refractivity contribution in [1.82, 2.24) is 41.1 Å². The van der Waals surface area contributed by atoms with Crippen molar-refractivity contribution in [3.63, 3.8) is 0 Å². The van der Waals surface area contributed by atoms with Crippen LogP contribution in [0.1, 0.15) is 102 Å². The standard InChI is InChI=1S/C38H51ClN8O7/c1-5-9-26(31(48)36(52)43-24-13-14-24)44-34(50)28-18-25(54-29-15-12-23(39)19-42-29)21-47(28)37(53)32(38(2,3)4)46-35(51)30(22-10-7-6-8-11-22)45-33(49)27-20-40-16-17-41-27/h12,15-17,19-20,22,24-26,28,30,32H,5-11,13-14,18,21H2,1-4H3,(H,43,52)(H,44,50)(H,45,49)(H,46,51)/t25-,26+,28+,30+,32-/m1/s1. The van der Waals surface area contributed by atoms with Crippen molar-refractivity contribution in [1.29, 1.82) is 0 Å². The van der Waals surface area contributed by atoms with E-state index in [2.05, 4.69) is 36.2 Å². The second-order valence-corrected chi connectivity index (χ2v) is 15.9. The SMILES string of the molecule is CCC[C@H](NC(=O)[C@@H]1C[C@@H](Oc2ccc(Cl)cn2)CN1C(=O)[C@@H](NC(=O)[C@@H](NC(=O)c1cnccn1)C1CCCCC1)C(C)(C)C)C(=O)C(=O)NC1CC1. The van der Waals surface area contributed by atoms with E-state index in [4.69, 9.17) is 16.3 Å². The van der Waals surface area contributed by atoms with Gasteiger partial charge >= 0.3 is 0 Å². The van der Waals surface area contributed by atoms with Gasteiger partial charge in [-0.3, -0.25) is 33.8 Å². The van der Waals surface area contributed by atoms with Crippen LogP contribution in [0.3, 0.4) is 0 Å². The third kappa shape index (κ3) is 10.7. The van der Waals surface area contributed by atoms with Crippen LogP contribution in [-0.4, -0.2) is 98.0 Å². The molecule has 4 N–H and O–H groups in total. The first kappa shape index (κ1) is 40.5. The maximum Gasteiger partial charge on any atom is 0.289 e. The van der Waals surface area contributed by atoms with Gasteiger partial charge in [0, 0.05) is 37.1 Å². The second kappa shape index (κ2) is 18.1. The van der Waals surface area contributed by atoms with E-state index in [9.17, 15) is 28.8 Å². The number of rotatable bonds is 15. The zero-order chi connectivity index (χ0) is 39.0. The summed E-state index contributed by atoms with van der Waals surface area (Å²) in [4.78, 5) is 95.8. The monoisotopic (exact) mass is 766 g/mol. The largest absolute Gasteiger partial charge is 0.472 e. The van der Waals surface area contributed by atoms with Crippen LogP contribution in [0, 0.1) is 11.3 Å². The lowest BCUT2D eigenvalue weighted by molar-refractivity contribution is -0.145. The molecule has 5 amide bonds. The van der Waals surface area contributed by atoms with E-state index in [1.54, 1.807) is 32.9 Å². The van der Waals surface area contributed by atoms with Gasteiger partial charge in [0.1, 0.15) is 29.9 Å². The summed E-state index contributed by atoms with van der Waals surface area (Å²) in [5, 5.41) is 11.7. The highest BCUT2D eigenvalue weighted by atomic mass is 35.5. The fraction of sp³-hybridized carbons (Fsp3) is 0.605. The Balaban J connectivity index is 1.39. The maximum atomic E-state index is 14.7. The molecule has 2 aromatic heterocycles. The van der Waals surface area contributed by atoms with Crippen LogP contribution in [-0.2, 0) is 24.0 Å². The summed E-state index contributed by atoms with van der Waals surface area (Å²) in [6.45, 7) is 7.21. The molecule has 3 aliphatic rings. The Morgan fingerprint density at radius 3 is 2.30 bits per heavy atom. The van der Waals surface area contributed by atoms with Gasteiger partial charge in [-0.1, -0.05) is 65.0 Å². The number of halogens is 1. The summed E-state index contributed by atoms with van der Waals surface area (Å²) < 4.78 is 6.11. The minimum Gasteiger partial charge on any atom is -0.472 e. The fourth-order valence-electron chi connectivity index (χ4n) is 6.99. The van der Waals surface area contributed by atoms with E-state index in [1.807, 2.05) is 6.92 Å². The number of carbonyl (C=O) groups excluding carboxylic acids is 6. The third-order valence-corrected chi connectivity index (χ3v) is 10.3. The van der Waals surface area contributed by atoms with Crippen molar-refractivity contribution in [2.75, 3.05) is 6.54 Å². The van der Waals surface area contributed by atoms with Gasteiger partial charge in [0.15, 0.2) is 0 Å². The van der Waals surface area contributed by atoms with Gasteiger partial charge in [-0.05, 0) is 49.5 Å². The van der Waals surface area contributed by atoms with Crippen molar-refractivity contribution < 1.29 is 33.5 Å². The molecule has 1 aliphatic heterocycles. The minimum absolute atomic E-state index is 0.0340. The summed E-state index contributed by atoms with van der Waals surface area (Å²) in [5.74, 6) is -3.68.